The summed E-state index contributed by atoms with van der Waals surface area (Å²) >= 11 is 0. The van der Waals surface area contributed by atoms with Crippen molar-refractivity contribution in [3.05, 3.63) is 78.3 Å². The van der Waals surface area contributed by atoms with Crippen LogP contribution in [0, 0.1) is 0 Å². The minimum atomic E-state index is -0.337. The third-order valence-electron chi connectivity index (χ3n) is 7.29. The van der Waals surface area contributed by atoms with E-state index in [2.05, 4.69) is 110 Å². The number of hydrogen-bond donors (Lipinski definition) is 1. The van der Waals surface area contributed by atoms with Gasteiger partial charge in [-0.25, -0.2) is 0 Å². The third kappa shape index (κ3) is 2.78. The van der Waals surface area contributed by atoms with Gasteiger partial charge >= 0.3 is 7.12 Å². The summed E-state index contributed by atoms with van der Waals surface area (Å²) in [5, 5.41) is 8.73. The summed E-state index contributed by atoms with van der Waals surface area (Å²) < 4.78 is 14.8. The van der Waals surface area contributed by atoms with E-state index in [4.69, 9.17) is 9.31 Å². The molecule has 0 unspecified atom stereocenters. The fraction of sp³-hybridized carbons (Fsp3) is 0.259. The first kappa shape index (κ1) is 19.7. The quantitative estimate of drug-likeness (QED) is 0.408. The summed E-state index contributed by atoms with van der Waals surface area (Å²) in [6, 6.07) is 21.7. The predicted octanol–water partition coefficient (Wildman–Crippen LogP) is 5.91. The fourth-order valence-electron chi connectivity index (χ4n) is 4.81. The minimum absolute atomic E-state index is 0.326. The summed E-state index contributed by atoms with van der Waals surface area (Å²) in [5.41, 5.74) is 2.84. The Hall–Kier alpha value is -3.02. The molecule has 32 heavy (non-hydrogen) atoms. The van der Waals surface area contributed by atoms with Gasteiger partial charge in [0, 0.05) is 17.3 Å². The van der Waals surface area contributed by atoms with Gasteiger partial charge in [0.15, 0.2) is 0 Å². The molecule has 6 rings (SSSR count). The van der Waals surface area contributed by atoms with E-state index in [1.807, 2.05) is 0 Å². The molecule has 0 atom stereocenters. The van der Waals surface area contributed by atoms with E-state index in [1.54, 1.807) is 0 Å². The second-order valence-electron chi connectivity index (χ2n) is 9.77. The van der Waals surface area contributed by atoms with Crippen LogP contribution < -0.4 is 5.32 Å². The van der Waals surface area contributed by atoms with Crippen molar-refractivity contribution in [1.29, 1.82) is 0 Å². The number of nitrogens with zero attached hydrogens (tertiary/aromatic N) is 1. The van der Waals surface area contributed by atoms with E-state index in [9.17, 15) is 0 Å². The topological polar surface area (TPSA) is 35.4 Å². The summed E-state index contributed by atoms with van der Waals surface area (Å²) in [4.78, 5) is 0. The summed E-state index contributed by atoms with van der Waals surface area (Å²) in [6.07, 6.45) is 4.29. The second-order valence-corrected chi connectivity index (χ2v) is 9.77. The van der Waals surface area contributed by atoms with Crippen LogP contribution in [0.4, 0.5) is 0 Å². The monoisotopic (exact) mass is 422 g/mol. The molecule has 4 nitrogen and oxygen atoms in total. The van der Waals surface area contributed by atoms with Crippen molar-refractivity contribution >= 4 is 45.5 Å². The highest BCUT2D eigenvalue weighted by Gasteiger charge is 2.52. The van der Waals surface area contributed by atoms with Crippen molar-refractivity contribution in [3.8, 4) is 0 Å². The third-order valence-corrected chi connectivity index (χ3v) is 7.29. The number of dihydropyridines is 1. The van der Waals surface area contributed by atoms with Crippen LogP contribution in [-0.2, 0) is 9.31 Å². The maximum atomic E-state index is 6.25. The fourth-order valence-corrected chi connectivity index (χ4v) is 4.81. The van der Waals surface area contributed by atoms with Crippen molar-refractivity contribution < 1.29 is 9.31 Å². The molecule has 2 aliphatic rings. The van der Waals surface area contributed by atoms with E-state index in [-0.39, 0.29) is 18.3 Å². The van der Waals surface area contributed by atoms with Crippen LogP contribution in [0.2, 0.25) is 0 Å². The lowest BCUT2D eigenvalue weighted by molar-refractivity contribution is 0.00578. The van der Waals surface area contributed by atoms with E-state index in [0.717, 1.165) is 11.3 Å². The van der Waals surface area contributed by atoms with E-state index >= 15 is 0 Å². The molecular formula is C27H27BN2O2. The van der Waals surface area contributed by atoms with Crippen LogP contribution in [0.3, 0.4) is 0 Å². The maximum Gasteiger partial charge on any atom is 0.492 e. The highest BCUT2D eigenvalue weighted by Crippen LogP contribution is 2.40. The number of aromatic nitrogens is 1. The lowest BCUT2D eigenvalue weighted by Crippen LogP contribution is -2.41. The molecule has 0 radical (unpaired) electrons. The van der Waals surface area contributed by atoms with Crippen LogP contribution in [-0.4, -0.2) is 29.4 Å². The highest BCUT2D eigenvalue weighted by atomic mass is 16.7. The number of allylic oxidation sites excluding steroid dienone is 2. The molecule has 2 aliphatic heterocycles. The van der Waals surface area contributed by atoms with Gasteiger partial charge in [0.05, 0.1) is 22.2 Å². The standard InChI is InChI=1S/C27H27BN2O2/c1-26(2)27(3,4)32-28(31-26)19-14-16-24(29-17-19)30-22-12-8-7-11-21(22)25-20-10-6-5-9-18(20)13-15-23(25)30/h5-16,29H,17H2,1-4H3. The predicted molar refractivity (Wildman–Crippen MR) is 133 cm³/mol. The number of benzene rings is 3. The molecule has 0 saturated carbocycles. The van der Waals surface area contributed by atoms with Gasteiger partial charge in [-0.2, -0.15) is 0 Å². The minimum Gasteiger partial charge on any atom is -0.400 e. The van der Waals surface area contributed by atoms with Crippen LogP contribution in [0.5, 0.6) is 0 Å². The lowest BCUT2D eigenvalue weighted by atomic mass is 9.77. The Balaban J connectivity index is 1.49. The molecule has 0 bridgehead atoms. The van der Waals surface area contributed by atoms with Crippen LogP contribution in [0.1, 0.15) is 27.7 Å². The van der Waals surface area contributed by atoms with Crippen molar-refractivity contribution in [1.82, 2.24) is 9.88 Å². The van der Waals surface area contributed by atoms with Crippen LogP contribution in [0.25, 0.3) is 38.4 Å². The molecule has 1 fully saturated rings. The van der Waals surface area contributed by atoms with Gasteiger partial charge in [-0.05, 0) is 62.1 Å². The smallest absolute Gasteiger partial charge is 0.400 e. The Morgan fingerprint density at radius 2 is 1.47 bits per heavy atom. The van der Waals surface area contributed by atoms with Crippen LogP contribution in [0.15, 0.2) is 78.3 Å². The van der Waals surface area contributed by atoms with Crippen molar-refractivity contribution in [3.63, 3.8) is 0 Å². The molecule has 1 N–H and O–H groups in total. The van der Waals surface area contributed by atoms with E-state index < -0.39 is 0 Å². The Bertz CT molecular complexity index is 1430. The summed E-state index contributed by atoms with van der Waals surface area (Å²) in [6.45, 7) is 9.05. The molecule has 1 aromatic heterocycles. The van der Waals surface area contributed by atoms with Gasteiger partial charge in [0.1, 0.15) is 5.82 Å². The van der Waals surface area contributed by atoms with Gasteiger partial charge in [0.25, 0.3) is 0 Å². The number of fused-ring (bicyclic) bond motifs is 5. The first-order chi connectivity index (χ1) is 15.4. The first-order valence-corrected chi connectivity index (χ1v) is 11.3. The molecule has 1 saturated heterocycles. The van der Waals surface area contributed by atoms with Gasteiger partial charge in [-0.15, -0.1) is 0 Å². The molecule has 0 aliphatic carbocycles. The van der Waals surface area contributed by atoms with Gasteiger partial charge in [-0.1, -0.05) is 54.6 Å². The summed E-state index contributed by atoms with van der Waals surface area (Å²) in [5.74, 6) is 1.06. The maximum absolute atomic E-state index is 6.25. The van der Waals surface area contributed by atoms with Crippen LogP contribution >= 0.6 is 0 Å². The zero-order valence-corrected chi connectivity index (χ0v) is 19.0. The Labute approximate surface area is 188 Å². The highest BCUT2D eigenvalue weighted by molar-refractivity contribution is 6.55. The van der Waals surface area contributed by atoms with Gasteiger partial charge in [0.2, 0.25) is 0 Å². The summed E-state index contributed by atoms with van der Waals surface area (Å²) in [7, 11) is -0.326. The molecular weight excluding hydrogens is 395 g/mol. The Morgan fingerprint density at radius 3 is 2.19 bits per heavy atom. The van der Waals surface area contributed by atoms with Crippen molar-refractivity contribution in [2.75, 3.05) is 6.54 Å². The molecule has 160 valence electrons. The number of hydrogen-bond acceptors (Lipinski definition) is 3. The molecule has 3 aromatic carbocycles. The largest absolute Gasteiger partial charge is 0.492 e. The Morgan fingerprint density at radius 1 is 0.781 bits per heavy atom. The Kier molecular flexibility index (Phi) is 4.14. The molecule has 4 aromatic rings. The SMILES string of the molecule is CC1(C)OB(C2=CC=C(n3c4ccccc4c4c5ccccc5ccc43)NC2)OC1(C)C. The average Bonchev–Trinajstić information content (AvgIpc) is 3.24. The first-order valence-electron chi connectivity index (χ1n) is 11.3. The molecule has 5 heteroatoms. The van der Waals surface area contributed by atoms with E-state index in [1.165, 1.54) is 32.6 Å². The van der Waals surface area contributed by atoms with E-state index in [0.29, 0.717) is 6.54 Å². The molecule has 0 spiro atoms. The molecule has 0 amide bonds. The number of rotatable bonds is 2. The average molecular weight is 422 g/mol. The number of nitrogens with one attached hydrogen (secondary N) is 1. The molecule has 3 heterocycles. The van der Waals surface area contributed by atoms with Gasteiger partial charge in [-0.3, -0.25) is 4.57 Å². The zero-order chi connectivity index (χ0) is 22.1. The van der Waals surface area contributed by atoms with Gasteiger partial charge < -0.3 is 14.6 Å². The zero-order valence-electron chi connectivity index (χ0n) is 19.0. The second kappa shape index (κ2) is 6.74. The van der Waals surface area contributed by atoms with Crippen molar-refractivity contribution in [2.45, 2.75) is 38.9 Å². The van der Waals surface area contributed by atoms with Crippen molar-refractivity contribution in [2.24, 2.45) is 0 Å². The lowest BCUT2D eigenvalue weighted by Gasteiger charge is -2.32. The number of para-hydroxylation sites is 1. The normalized spacial score (nSPS) is 19.9.